The van der Waals surface area contributed by atoms with Crippen LogP contribution in [0.25, 0.3) is 11.1 Å². The first-order chi connectivity index (χ1) is 19.8. The minimum absolute atomic E-state index is 0.0171. The highest BCUT2D eigenvalue weighted by molar-refractivity contribution is 9.10. The number of anilines is 1. The summed E-state index contributed by atoms with van der Waals surface area (Å²) in [5, 5.41) is 9.12. The lowest BCUT2D eigenvalue weighted by atomic mass is 10.0. The molecule has 1 N–H and O–H groups in total. The van der Waals surface area contributed by atoms with E-state index in [1.807, 2.05) is 58.4 Å². The monoisotopic (exact) mass is 621 g/mol. The summed E-state index contributed by atoms with van der Waals surface area (Å²) in [7, 11) is 0. The second kappa shape index (κ2) is 12.5. The Labute approximate surface area is 245 Å². The smallest absolute Gasteiger partial charge is 0.414 e. The number of hydrogen-bond acceptors (Lipinski definition) is 6. The van der Waals surface area contributed by atoms with E-state index in [1.54, 1.807) is 18.3 Å². The zero-order valence-corrected chi connectivity index (χ0v) is 24.0. The van der Waals surface area contributed by atoms with Crippen molar-refractivity contribution in [3.63, 3.8) is 0 Å². The fraction of sp³-hybridized carbons (Fsp3) is 0.267. The van der Waals surface area contributed by atoms with Gasteiger partial charge in [0.05, 0.1) is 38.1 Å². The molecule has 41 heavy (non-hydrogen) atoms. The van der Waals surface area contributed by atoms with Crippen molar-refractivity contribution in [2.24, 2.45) is 5.10 Å². The number of rotatable bonds is 7. The topological polar surface area (TPSA) is 94.5 Å². The summed E-state index contributed by atoms with van der Waals surface area (Å²) in [5.41, 5.74) is 3.03. The predicted octanol–water partition coefficient (Wildman–Crippen LogP) is 4.51. The Hall–Kier alpha value is -4.25. The minimum atomic E-state index is -0.575. The molecule has 1 atom stereocenters. The van der Waals surface area contributed by atoms with E-state index in [9.17, 15) is 14.4 Å². The van der Waals surface area contributed by atoms with Gasteiger partial charge in [-0.3, -0.25) is 19.5 Å². The fourth-order valence-corrected chi connectivity index (χ4v) is 4.95. The van der Waals surface area contributed by atoms with Crippen molar-refractivity contribution >= 4 is 45.7 Å². The molecule has 2 aliphatic rings. The number of cyclic esters (lactones) is 1. The molecule has 3 aromatic rings. The molecule has 2 aliphatic heterocycles. The summed E-state index contributed by atoms with van der Waals surface area (Å²) in [6, 6.07) is 19.4. The number of ether oxygens (including phenoxy) is 1. The van der Waals surface area contributed by atoms with Gasteiger partial charge in [0.1, 0.15) is 11.9 Å². The lowest BCUT2D eigenvalue weighted by Crippen LogP contribution is -2.46. The number of piperazine rings is 1. The molecule has 3 aromatic carbocycles. The van der Waals surface area contributed by atoms with Crippen LogP contribution in [0.1, 0.15) is 22.8 Å². The lowest BCUT2D eigenvalue weighted by molar-refractivity contribution is -0.119. The standard InChI is InChI=1S/C30H29BrFN5O4/c1-20(38)33-18-26-19-37(30(40)41-26)25-10-11-27(28(32)16-25)22-4-2-21(3-5-22)17-34-36-14-12-35(13-15-36)29(39)23-6-8-24(31)9-7-23/h2-11,16-17,26H,12-15,18-19H2,1H3,(H,33,38)/b34-17+/t26-/m0/s1. The van der Waals surface area contributed by atoms with Gasteiger partial charge in [0.15, 0.2) is 0 Å². The van der Waals surface area contributed by atoms with Crippen LogP contribution in [-0.2, 0) is 9.53 Å². The molecule has 3 amide bonds. The van der Waals surface area contributed by atoms with Gasteiger partial charge in [-0.05, 0) is 53.6 Å². The Kier molecular flexibility index (Phi) is 8.63. The molecule has 11 heteroatoms. The molecule has 5 rings (SSSR count). The summed E-state index contributed by atoms with van der Waals surface area (Å²) in [6.07, 6.45) is 0.687. The number of halogens is 2. The van der Waals surface area contributed by atoms with E-state index < -0.39 is 18.0 Å². The zero-order chi connectivity index (χ0) is 28.9. The highest BCUT2D eigenvalue weighted by Crippen LogP contribution is 2.29. The van der Waals surface area contributed by atoms with Gasteiger partial charge in [-0.1, -0.05) is 40.2 Å². The molecule has 0 unspecified atom stereocenters. The quantitative estimate of drug-likeness (QED) is 0.392. The van der Waals surface area contributed by atoms with Crippen molar-refractivity contribution in [2.75, 3.05) is 44.2 Å². The number of nitrogens with one attached hydrogen (secondary N) is 1. The maximum atomic E-state index is 15.1. The highest BCUT2D eigenvalue weighted by Gasteiger charge is 2.32. The average molecular weight is 622 g/mol. The van der Waals surface area contributed by atoms with Crippen LogP contribution in [0.5, 0.6) is 0 Å². The van der Waals surface area contributed by atoms with Crippen LogP contribution in [-0.4, -0.2) is 79.4 Å². The molecule has 0 saturated carbocycles. The molecular weight excluding hydrogens is 593 g/mol. The van der Waals surface area contributed by atoms with Crippen molar-refractivity contribution in [2.45, 2.75) is 13.0 Å². The van der Waals surface area contributed by atoms with Crippen LogP contribution in [0.4, 0.5) is 14.9 Å². The molecule has 0 aromatic heterocycles. The number of hydrogen-bond donors (Lipinski definition) is 1. The second-order valence-corrected chi connectivity index (χ2v) is 10.8. The van der Waals surface area contributed by atoms with E-state index in [0.29, 0.717) is 48.6 Å². The Morgan fingerprint density at radius 2 is 1.76 bits per heavy atom. The Balaban J connectivity index is 1.15. The number of hydrazone groups is 1. The molecule has 0 radical (unpaired) electrons. The number of nitrogens with zero attached hydrogens (tertiary/aromatic N) is 4. The van der Waals surface area contributed by atoms with Crippen LogP contribution >= 0.6 is 15.9 Å². The van der Waals surface area contributed by atoms with E-state index in [-0.39, 0.29) is 24.9 Å². The maximum absolute atomic E-state index is 15.1. The van der Waals surface area contributed by atoms with Crippen LogP contribution in [0.15, 0.2) is 76.3 Å². The molecule has 2 fully saturated rings. The fourth-order valence-electron chi connectivity index (χ4n) is 4.69. The van der Waals surface area contributed by atoms with Gasteiger partial charge in [-0.25, -0.2) is 9.18 Å². The van der Waals surface area contributed by atoms with Gasteiger partial charge in [-0.2, -0.15) is 5.10 Å². The first-order valence-electron chi connectivity index (χ1n) is 13.2. The first kappa shape index (κ1) is 28.3. The summed E-state index contributed by atoms with van der Waals surface area (Å²) in [4.78, 5) is 39.3. The van der Waals surface area contributed by atoms with Crippen LogP contribution in [0, 0.1) is 5.82 Å². The third-order valence-corrected chi connectivity index (χ3v) is 7.47. The SMILES string of the molecule is CC(=O)NC[C@H]1CN(c2ccc(-c3ccc(/C=N/N4CCN(C(=O)c5ccc(Br)cc5)CC4)cc3)c(F)c2)C(=O)O1. The van der Waals surface area contributed by atoms with Crippen LogP contribution < -0.4 is 10.2 Å². The largest absolute Gasteiger partial charge is 0.442 e. The third-order valence-electron chi connectivity index (χ3n) is 6.94. The van der Waals surface area contributed by atoms with E-state index in [0.717, 1.165) is 10.0 Å². The highest BCUT2D eigenvalue weighted by atomic mass is 79.9. The summed E-state index contributed by atoms with van der Waals surface area (Å²) < 4.78 is 21.3. The van der Waals surface area contributed by atoms with E-state index in [1.165, 1.54) is 17.9 Å². The average Bonchev–Trinajstić information content (AvgIpc) is 3.36. The molecule has 212 valence electrons. The Morgan fingerprint density at radius 3 is 2.41 bits per heavy atom. The zero-order valence-electron chi connectivity index (χ0n) is 22.4. The minimum Gasteiger partial charge on any atom is -0.442 e. The Morgan fingerprint density at radius 1 is 1.05 bits per heavy atom. The van der Waals surface area contributed by atoms with E-state index in [4.69, 9.17) is 4.74 Å². The van der Waals surface area contributed by atoms with Gasteiger partial charge in [0.2, 0.25) is 5.91 Å². The lowest BCUT2D eigenvalue weighted by Gasteiger charge is -2.33. The van der Waals surface area contributed by atoms with Crippen molar-refractivity contribution in [1.29, 1.82) is 0 Å². The molecule has 0 aliphatic carbocycles. The second-order valence-electron chi connectivity index (χ2n) is 9.84. The maximum Gasteiger partial charge on any atom is 0.414 e. The normalized spacial score (nSPS) is 17.2. The molecule has 0 bridgehead atoms. The number of carbonyl (C=O) groups excluding carboxylic acids is 3. The van der Waals surface area contributed by atoms with Crippen molar-refractivity contribution in [1.82, 2.24) is 15.2 Å². The van der Waals surface area contributed by atoms with Crippen LogP contribution in [0.2, 0.25) is 0 Å². The van der Waals surface area contributed by atoms with Crippen LogP contribution in [0.3, 0.4) is 0 Å². The van der Waals surface area contributed by atoms with E-state index >= 15 is 4.39 Å². The molecular formula is C30H29BrFN5O4. The molecule has 0 spiro atoms. The van der Waals surface area contributed by atoms with Gasteiger partial charge in [0, 0.05) is 35.6 Å². The van der Waals surface area contributed by atoms with Gasteiger partial charge in [0.25, 0.3) is 5.91 Å². The predicted molar refractivity (Wildman–Crippen MR) is 157 cm³/mol. The van der Waals surface area contributed by atoms with Gasteiger partial charge < -0.3 is 15.0 Å². The Bertz CT molecular complexity index is 1460. The summed E-state index contributed by atoms with van der Waals surface area (Å²) in [6.45, 7) is 4.26. The van der Waals surface area contributed by atoms with E-state index in [2.05, 4.69) is 26.3 Å². The van der Waals surface area contributed by atoms with Gasteiger partial charge >= 0.3 is 6.09 Å². The van der Waals surface area contributed by atoms with Crippen molar-refractivity contribution < 1.29 is 23.5 Å². The van der Waals surface area contributed by atoms with Gasteiger partial charge in [-0.15, -0.1) is 0 Å². The first-order valence-corrected chi connectivity index (χ1v) is 14.0. The molecule has 2 heterocycles. The summed E-state index contributed by atoms with van der Waals surface area (Å²) >= 11 is 3.39. The number of amides is 3. The van der Waals surface area contributed by atoms with Crippen molar-refractivity contribution in [3.05, 3.63) is 88.1 Å². The van der Waals surface area contributed by atoms with Crippen molar-refractivity contribution in [3.8, 4) is 11.1 Å². The third kappa shape index (κ3) is 6.91. The molecule has 9 nitrogen and oxygen atoms in total. The number of carbonyl (C=O) groups is 3. The number of benzene rings is 3. The molecule has 2 saturated heterocycles. The summed E-state index contributed by atoms with van der Waals surface area (Å²) in [5.74, 6) is -0.655.